The zero-order valence-corrected chi connectivity index (χ0v) is 9.30. The van der Waals surface area contributed by atoms with Gasteiger partial charge in [0.1, 0.15) is 6.17 Å². The molecule has 0 aromatic carbocycles. The maximum Gasteiger partial charge on any atom is 0.321 e. The second-order valence-electron chi connectivity index (χ2n) is 3.90. The lowest BCUT2D eigenvalue weighted by Gasteiger charge is -2.24. The quantitative estimate of drug-likeness (QED) is 0.502. The van der Waals surface area contributed by atoms with Crippen LogP contribution in [0.2, 0.25) is 0 Å². The van der Waals surface area contributed by atoms with Gasteiger partial charge in [-0.2, -0.15) is 12.6 Å². The third-order valence-electron chi connectivity index (χ3n) is 2.68. The van der Waals surface area contributed by atoms with E-state index in [0.29, 0.717) is 12.3 Å². The summed E-state index contributed by atoms with van der Waals surface area (Å²) >= 11 is 4.10. The third-order valence-corrected chi connectivity index (χ3v) is 3.00. The zero-order valence-electron chi connectivity index (χ0n) is 8.41. The Bertz CT molecular complexity index is 311. The van der Waals surface area contributed by atoms with Gasteiger partial charge in [0.2, 0.25) is 0 Å². The van der Waals surface area contributed by atoms with Gasteiger partial charge in [-0.1, -0.05) is 0 Å². The first-order valence-corrected chi connectivity index (χ1v) is 5.48. The minimum atomic E-state index is -0.690. The maximum atomic E-state index is 11.6. The summed E-state index contributed by atoms with van der Waals surface area (Å²) in [4.78, 5) is 24.4. The van der Waals surface area contributed by atoms with Crippen LogP contribution in [-0.4, -0.2) is 41.1 Å². The zero-order chi connectivity index (χ0) is 11.1. The minimum absolute atomic E-state index is 0.156. The van der Waals surface area contributed by atoms with Crippen LogP contribution in [-0.2, 0) is 0 Å². The third kappa shape index (κ3) is 1.60. The average Bonchev–Trinajstić information content (AvgIpc) is 2.52. The summed E-state index contributed by atoms with van der Waals surface area (Å²) in [6, 6.07) is -0.407. The number of hydrogen-bond donors (Lipinski definition) is 4. The number of hydrogen-bond acceptors (Lipinski definition) is 3. The van der Waals surface area contributed by atoms with Crippen molar-refractivity contribution in [1.29, 1.82) is 0 Å². The molecular weight excluding hydrogens is 216 g/mol. The molecule has 0 aromatic rings. The van der Waals surface area contributed by atoms with Crippen LogP contribution in [0.1, 0.15) is 13.3 Å². The van der Waals surface area contributed by atoms with Crippen LogP contribution in [0.5, 0.6) is 0 Å². The van der Waals surface area contributed by atoms with E-state index in [2.05, 4.69) is 28.6 Å². The number of rotatable bonds is 3. The van der Waals surface area contributed by atoms with Gasteiger partial charge in [0, 0.05) is 6.54 Å². The van der Waals surface area contributed by atoms with E-state index in [-0.39, 0.29) is 18.2 Å². The van der Waals surface area contributed by atoms with Gasteiger partial charge in [0.25, 0.3) is 0 Å². The summed E-state index contributed by atoms with van der Waals surface area (Å²) in [5.74, 6) is 0.717. The molecule has 2 saturated heterocycles. The molecule has 0 bridgehead atoms. The maximum absolute atomic E-state index is 11.6. The van der Waals surface area contributed by atoms with Crippen LogP contribution in [0.4, 0.5) is 9.59 Å². The van der Waals surface area contributed by atoms with Gasteiger partial charge in [-0.3, -0.25) is 0 Å². The van der Waals surface area contributed by atoms with Crippen LogP contribution in [0, 0.1) is 0 Å². The van der Waals surface area contributed by atoms with Crippen LogP contribution in [0.3, 0.4) is 0 Å². The molecule has 0 saturated carbocycles. The summed E-state index contributed by atoms with van der Waals surface area (Å²) in [6.07, 6.45) is 0.497. The van der Waals surface area contributed by atoms with E-state index in [1.807, 2.05) is 0 Å². The van der Waals surface area contributed by atoms with Crippen molar-refractivity contribution in [3.05, 3.63) is 0 Å². The molecule has 0 spiro atoms. The minimum Gasteiger partial charge on any atom is -0.314 e. The lowest BCUT2D eigenvalue weighted by molar-refractivity contribution is 0.191. The lowest BCUT2D eigenvalue weighted by Crippen LogP contribution is -2.53. The van der Waals surface area contributed by atoms with Crippen molar-refractivity contribution in [2.75, 3.05) is 12.3 Å². The second kappa shape index (κ2) is 3.48. The van der Waals surface area contributed by atoms with Gasteiger partial charge < -0.3 is 20.9 Å². The Morgan fingerprint density at radius 1 is 1.47 bits per heavy atom. The number of nitrogens with zero attached hydrogens (tertiary/aromatic N) is 1. The van der Waals surface area contributed by atoms with Gasteiger partial charge in [0.05, 0.1) is 0 Å². The molecule has 2 heterocycles. The SMILES string of the molecule is CC12NC(=O)NC1N(CCCS)C(=O)N2. The summed E-state index contributed by atoms with van der Waals surface area (Å²) in [5, 5.41) is 8.15. The fourth-order valence-corrected chi connectivity index (χ4v) is 2.12. The number of carbonyl (C=O) groups is 2. The van der Waals surface area contributed by atoms with E-state index >= 15 is 0 Å². The number of fused-ring (bicyclic) bond motifs is 1. The first-order chi connectivity index (χ1) is 7.07. The van der Waals surface area contributed by atoms with Gasteiger partial charge in [-0.25, -0.2) is 9.59 Å². The molecule has 2 atom stereocenters. The van der Waals surface area contributed by atoms with Gasteiger partial charge >= 0.3 is 12.1 Å². The van der Waals surface area contributed by atoms with Crippen LogP contribution >= 0.6 is 12.6 Å². The van der Waals surface area contributed by atoms with Crippen molar-refractivity contribution in [1.82, 2.24) is 20.9 Å². The van der Waals surface area contributed by atoms with Gasteiger partial charge in [-0.15, -0.1) is 0 Å². The van der Waals surface area contributed by atoms with Crippen molar-refractivity contribution in [2.24, 2.45) is 0 Å². The number of nitrogens with one attached hydrogen (secondary N) is 3. The van der Waals surface area contributed by atoms with Crippen molar-refractivity contribution in [3.63, 3.8) is 0 Å². The summed E-state index contributed by atoms with van der Waals surface area (Å²) in [5.41, 5.74) is -0.690. The molecule has 2 fully saturated rings. The molecule has 15 heavy (non-hydrogen) atoms. The van der Waals surface area contributed by atoms with E-state index in [1.165, 1.54) is 0 Å². The number of urea groups is 2. The smallest absolute Gasteiger partial charge is 0.314 e. The molecular formula is C8H14N4O2S. The highest BCUT2D eigenvalue weighted by Gasteiger charge is 2.53. The average molecular weight is 230 g/mol. The highest BCUT2D eigenvalue weighted by molar-refractivity contribution is 7.80. The van der Waals surface area contributed by atoms with Gasteiger partial charge in [-0.05, 0) is 19.1 Å². The van der Waals surface area contributed by atoms with E-state index in [4.69, 9.17) is 0 Å². The molecule has 0 aromatic heterocycles. The number of amides is 4. The number of thiol groups is 1. The Morgan fingerprint density at radius 2 is 2.20 bits per heavy atom. The molecule has 6 nitrogen and oxygen atoms in total. The molecule has 2 unspecified atom stereocenters. The van der Waals surface area contributed by atoms with Crippen molar-refractivity contribution < 1.29 is 9.59 Å². The standard InChI is InChI=1S/C8H14N4O2S/c1-8-5(9-6(13)10-8)12(3-2-4-15)7(14)11-8/h5,15H,2-4H2,1H3,(H,11,14)(H2,9,10,13). The van der Waals surface area contributed by atoms with E-state index in [9.17, 15) is 9.59 Å². The molecule has 2 aliphatic rings. The van der Waals surface area contributed by atoms with Crippen molar-refractivity contribution >= 4 is 24.7 Å². The predicted molar refractivity (Wildman–Crippen MR) is 57.6 cm³/mol. The molecule has 84 valence electrons. The summed E-state index contributed by atoms with van der Waals surface area (Å²) in [7, 11) is 0. The Hall–Kier alpha value is -1.11. The normalized spacial score (nSPS) is 33.5. The fourth-order valence-electron chi connectivity index (χ4n) is 1.98. The second-order valence-corrected chi connectivity index (χ2v) is 4.35. The van der Waals surface area contributed by atoms with Crippen LogP contribution < -0.4 is 16.0 Å². The molecule has 0 aliphatic carbocycles. The Kier molecular flexibility index (Phi) is 2.41. The Labute approximate surface area is 93.2 Å². The van der Waals surface area contributed by atoms with Crippen LogP contribution in [0.15, 0.2) is 0 Å². The highest BCUT2D eigenvalue weighted by Crippen LogP contribution is 2.23. The first kappa shape index (κ1) is 10.4. The van der Waals surface area contributed by atoms with E-state index in [1.54, 1.807) is 11.8 Å². The molecule has 2 aliphatic heterocycles. The highest BCUT2D eigenvalue weighted by atomic mass is 32.1. The lowest BCUT2D eigenvalue weighted by atomic mass is 10.2. The molecule has 7 heteroatoms. The Balaban J connectivity index is 2.12. The van der Waals surface area contributed by atoms with Crippen LogP contribution in [0.25, 0.3) is 0 Å². The van der Waals surface area contributed by atoms with Crippen molar-refractivity contribution in [3.8, 4) is 0 Å². The fraction of sp³-hybridized carbons (Fsp3) is 0.750. The van der Waals surface area contributed by atoms with Gasteiger partial charge in [0.15, 0.2) is 5.66 Å². The summed E-state index contributed by atoms with van der Waals surface area (Å²) in [6.45, 7) is 2.38. The first-order valence-electron chi connectivity index (χ1n) is 4.85. The number of carbonyl (C=O) groups excluding carboxylic acids is 2. The molecule has 3 N–H and O–H groups in total. The predicted octanol–water partition coefficient (Wildman–Crippen LogP) is -0.313. The molecule has 4 amide bonds. The molecule has 0 radical (unpaired) electrons. The van der Waals surface area contributed by atoms with E-state index < -0.39 is 5.66 Å². The molecule has 2 rings (SSSR count). The Morgan fingerprint density at radius 3 is 2.87 bits per heavy atom. The summed E-state index contributed by atoms with van der Waals surface area (Å²) < 4.78 is 0. The van der Waals surface area contributed by atoms with E-state index in [0.717, 1.165) is 6.42 Å². The topological polar surface area (TPSA) is 73.5 Å². The monoisotopic (exact) mass is 230 g/mol. The van der Waals surface area contributed by atoms with Crippen molar-refractivity contribution in [2.45, 2.75) is 25.2 Å². The largest absolute Gasteiger partial charge is 0.321 e.